The highest BCUT2D eigenvalue weighted by atomic mass is 16.3. The average Bonchev–Trinajstić information content (AvgIpc) is 2.82. The Balaban J connectivity index is 1.68. The second-order valence-corrected chi connectivity index (χ2v) is 9.91. The van der Waals surface area contributed by atoms with Crippen LogP contribution >= 0.6 is 0 Å². The number of hydrogen-bond acceptors (Lipinski definition) is 3. The smallest absolute Gasteiger partial charge is 0.133 e. The highest BCUT2D eigenvalue weighted by Crippen LogP contribution is 2.68. The van der Waals surface area contributed by atoms with E-state index in [9.17, 15) is 15.0 Å². The van der Waals surface area contributed by atoms with Gasteiger partial charge in [-0.15, -0.1) is 0 Å². The number of aliphatic hydroxyl groups is 2. The van der Waals surface area contributed by atoms with Crippen LogP contribution < -0.4 is 0 Å². The number of rotatable bonds is 1. The van der Waals surface area contributed by atoms with Crippen molar-refractivity contribution in [3.05, 3.63) is 0 Å². The molecular formula is C21H34O3. The first kappa shape index (κ1) is 17.0. The first-order chi connectivity index (χ1) is 11.2. The molecule has 0 aromatic heterocycles. The topological polar surface area (TPSA) is 57.5 Å². The van der Waals surface area contributed by atoms with Crippen LogP contribution in [-0.2, 0) is 4.79 Å². The second-order valence-electron chi connectivity index (χ2n) is 9.91. The number of ketones is 1. The van der Waals surface area contributed by atoms with Crippen LogP contribution in [0.1, 0.15) is 78.6 Å². The molecule has 8 atom stereocenters. The summed E-state index contributed by atoms with van der Waals surface area (Å²) in [6, 6.07) is 0. The predicted molar refractivity (Wildman–Crippen MR) is 93.4 cm³/mol. The summed E-state index contributed by atoms with van der Waals surface area (Å²) in [5.41, 5.74) is -0.394. The number of aliphatic hydroxyl groups excluding tert-OH is 1. The van der Waals surface area contributed by atoms with E-state index < -0.39 is 5.60 Å². The van der Waals surface area contributed by atoms with Crippen LogP contribution in [0.5, 0.6) is 0 Å². The number of fused-ring (bicyclic) bond motifs is 5. The molecule has 0 saturated heterocycles. The number of Topliss-reactive ketones (excluding diaryl/α,β-unsaturated/α-hetero) is 1. The predicted octanol–water partition coefficient (Wildman–Crippen LogP) is 3.71. The van der Waals surface area contributed by atoms with Crippen molar-refractivity contribution in [1.82, 2.24) is 0 Å². The van der Waals surface area contributed by atoms with Crippen LogP contribution in [0.3, 0.4) is 0 Å². The third kappa shape index (κ3) is 2.00. The van der Waals surface area contributed by atoms with Gasteiger partial charge in [-0.05, 0) is 79.4 Å². The van der Waals surface area contributed by atoms with E-state index in [0.717, 1.165) is 44.9 Å². The summed E-state index contributed by atoms with van der Waals surface area (Å²) < 4.78 is 0. The molecule has 2 N–H and O–H groups in total. The normalized spacial score (nSPS) is 57.2. The maximum absolute atomic E-state index is 12.0. The van der Waals surface area contributed by atoms with Gasteiger partial charge in [-0.25, -0.2) is 0 Å². The van der Waals surface area contributed by atoms with E-state index in [4.69, 9.17) is 0 Å². The lowest BCUT2D eigenvalue weighted by Gasteiger charge is -2.62. The van der Waals surface area contributed by atoms with Crippen molar-refractivity contribution in [3.8, 4) is 0 Å². The quantitative estimate of drug-likeness (QED) is 0.768. The molecule has 0 aliphatic heterocycles. The summed E-state index contributed by atoms with van der Waals surface area (Å²) in [7, 11) is 0. The molecule has 0 aromatic rings. The zero-order chi connectivity index (χ0) is 17.3. The maximum atomic E-state index is 12.0. The molecule has 136 valence electrons. The summed E-state index contributed by atoms with van der Waals surface area (Å²) in [6.07, 6.45) is 7.88. The SMILES string of the molecule is CC[C@]1(O)CC[C@H]2[C@@H]3C[C@H](O)[C@H]4CC(=O)CC[C@]4(C)[C@H]3CC[C@@]21C. The Morgan fingerprint density at radius 2 is 1.79 bits per heavy atom. The van der Waals surface area contributed by atoms with Crippen molar-refractivity contribution in [3.63, 3.8) is 0 Å². The molecule has 24 heavy (non-hydrogen) atoms. The monoisotopic (exact) mass is 334 g/mol. The van der Waals surface area contributed by atoms with Gasteiger partial charge in [0.15, 0.2) is 0 Å². The molecule has 0 amide bonds. The van der Waals surface area contributed by atoms with Crippen LogP contribution in [0.4, 0.5) is 0 Å². The van der Waals surface area contributed by atoms with Gasteiger partial charge in [0.25, 0.3) is 0 Å². The first-order valence-corrected chi connectivity index (χ1v) is 10.2. The van der Waals surface area contributed by atoms with E-state index in [-0.39, 0.29) is 22.9 Å². The maximum Gasteiger partial charge on any atom is 0.133 e. The van der Waals surface area contributed by atoms with Gasteiger partial charge in [0.1, 0.15) is 5.78 Å². The molecule has 3 nitrogen and oxygen atoms in total. The first-order valence-electron chi connectivity index (χ1n) is 10.2. The molecule has 4 rings (SSSR count). The van der Waals surface area contributed by atoms with Crippen molar-refractivity contribution in [2.75, 3.05) is 0 Å². The zero-order valence-corrected chi connectivity index (χ0v) is 15.6. The van der Waals surface area contributed by atoms with Crippen molar-refractivity contribution >= 4 is 5.78 Å². The molecular weight excluding hydrogens is 300 g/mol. The fraction of sp³-hybridized carbons (Fsp3) is 0.952. The number of carbonyl (C=O) groups is 1. The largest absolute Gasteiger partial charge is 0.393 e. The minimum absolute atomic E-state index is 0.0102. The van der Waals surface area contributed by atoms with E-state index in [1.807, 2.05) is 0 Å². The molecule has 4 saturated carbocycles. The Bertz CT molecular complexity index is 545. The molecule has 3 heteroatoms. The number of carbonyl (C=O) groups excluding carboxylic acids is 1. The summed E-state index contributed by atoms with van der Waals surface area (Å²) in [6.45, 7) is 6.79. The van der Waals surface area contributed by atoms with Crippen molar-refractivity contribution in [1.29, 1.82) is 0 Å². The van der Waals surface area contributed by atoms with Gasteiger partial charge in [-0.2, -0.15) is 0 Å². The van der Waals surface area contributed by atoms with Crippen molar-refractivity contribution in [2.45, 2.75) is 90.3 Å². The molecule has 0 aromatic carbocycles. The van der Waals surface area contributed by atoms with Gasteiger partial charge >= 0.3 is 0 Å². The lowest BCUT2D eigenvalue weighted by atomic mass is 9.44. The molecule has 0 radical (unpaired) electrons. The van der Waals surface area contributed by atoms with Gasteiger partial charge in [0.2, 0.25) is 0 Å². The average molecular weight is 335 g/mol. The van der Waals surface area contributed by atoms with E-state index in [0.29, 0.717) is 36.4 Å². The Morgan fingerprint density at radius 3 is 2.50 bits per heavy atom. The van der Waals surface area contributed by atoms with Gasteiger partial charge in [-0.1, -0.05) is 20.8 Å². The molecule has 0 spiro atoms. The number of hydrogen-bond donors (Lipinski definition) is 2. The van der Waals surface area contributed by atoms with Gasteiger partial charge in [0.05, 0.1) is 11.7 Å². The van der Waals surface area contributed by atoms with Crippen LogP contribution in [0, 0.1) is 34.5 Å². The molecule has 4 aliphatic rings. The van der Waals surface area contributed by atoms with Gasteiger partial charge in [-0.3, -0.25) is 4.79 Å². The molecule has 0 unspecified atom stereocenters. The fourth-order valence-corrected chi connectivity index (χ4v) is 7.78. The minimum Gasteiger partial charge on any atom is -0.393 e. The molecule has 0 heterocycles. The Kier molecular flexibility index (Phi) is 3.76. The highest BCUT2D eigenvalue weighted by Gasteiger charge is 2.65. The zero-order valence-electron chi connectivity index (χ0n) is 15.6. The molecule has 0 bridgehead atoms. The van der Waals surface area contributed by atoms with Crippen LogP contribution in [-0.4, -0.2) is 27.7 Å². The molecule has 4 fully saturated rings. The van der Waals surface area contributed by atoms with Gasteiger partial charge in [0, 0.05) is 12.8 Å². The Hall–Kier alpha value is -0.410. The lowest BCUT2D eigenvalue weighted by Crippen LogP contribution is -2.59. The fourth-order valence-electron chi connectivity index (χ4n) is 7.78. The summed E-state index contributed by atoms with van der Waals surface area (Å²) >= 11 is 0. The third-order valence-corrected chi connectivity index (χ3v) is 9.41. The highest BCUT2D eigenvalue weighted by molar-refractivity contribution is 5.79. The van der Waals surface area contributed by atoms with E-state index in [1.54, 1.807) is 0 Å². The standard InChI is InChI=1S/C21H34O3/c1-4-21(24)10-7-16-14-12-18(23)17-11-13(22)5-8-19(17,2)15(14)6-9-20(16,21)3/h14-18,23-24H,4-12H2,1-3H3/t14-,15+,16+,17-,18+,19-,20+,21+/m1/s1. The van der Waals surface area contributed by atoms with Crippen LogP contribution in [0.2, 0.25) is 0 Å². The van der Waals surface area contributed by atoms with Crippen molar-refractivity contribution in [2.24, 2.45) is 34.5 Å². The van der Waals surface area contributed by atoms with Gasteiger partial charge < -0.3 is 10.2 Å². The van der Waals surface area contributed by atoms with Crippen molar-refractivity contribution < 1.29 is 15.0 Å². The van der Waals surface area contributed by atoms with E-state index >= 15 is 0 Å². The third-order valence-electron chi connectivity index (χ3n) is 9.41. The Labute approximate surface area is 146 Å². The second kappa shape index (κ2) is 5.30. The van der Waals surface area contributed by atoms with Crippen LogP contribution in [0.15, 0.2) is 0 Å². The Morgan fingerprint density at radius 1 is 1.08 bits per heavy atom. The van der Waals surface area contributed by atoms with E-state index in [1.165, 1.54) is 0 Å². The lowest BCUT2D eigenvalue weighted by molar-refractivity contribution is -0.181. The minimum atomic E-state index is -0.520. The van der Waals surface area contributed by atoms with E-state index in [2.05, 4.69) is 20.8 Å². The summed E-state index contributed by atoms with van der Waals surface area (Å²) in [4.78, 5) is 12.0. The molecule has 4 aliphatic carbocycles. The van der Waals surface area contributed by atoms with Crippen LogP contribution in [0.25, 0.3) is 0 Å². The summed E-state index contributed by atoms with van der Waals surface area (Å²) in [5.74, 6) is 2.18. The summed E-state index contributed by atoms with van der Waals surface area (Å²) in [5, 5.41) is 22.1.